The van der Waals surface area contributed by atoms with E-state index >= 15 is 0 Å². The summed E-state index contributed by atoms with van der Waals surface area (Å²) in [5.74, 6) is -0.738. The minimum atomic E-state index is -3.62. The first kappa shape index (κ1) is 18.8. The zero-order valence-electron chi connectivity index (χ0n) is 13.7. The number of rotatable bonds is 7. The molecule has 0 aliphatic carbocycles. The van der Waals surface area contributed by atoms with Crippen molar-refractivity contribution < 1.29 is 17.6 Å². The van der Waals surface area contributed by atoms with E-state index in [0.29, 0.717) is 11.3 Å². The molecule has 2 aromatic carbocycles. The van der Waals surface area contributed by atoms with E-state index in [4.69, 9.17) is 0 Å². The van der Waals surface area contributed by atoms with E-state index in [1.807, 2.05) is 18.2 Å². The third-order valence-electron chi connectivity index (χ3n) is 3.36. The number of halogens is 1. The summed E-state index contributed by atoms with van der Waals surface area (Å²) < 4.78 is 39.1. The summed E-state index contributed by atoms with van der Waals surface area (Å²) in [5, 5.41) is 3.68. The highest BCUT2D eigenvalue weighted by Crippen LogP contribution is 2.15. The molecule has 25 heavy (non-hydrogen) atoms. The average Bonchev–Trinajstić information content (AvgIpc) is 2.56. The number of nitrogens with one attached hydrogen (secondary N) is 2. The van der Waals surface area contributed by atoms with E-state index < -0.39 is 10.0 Å². The highest BCUT2D eigenvalue weighted by atomic mass is 32.2. The SMILES string of the molecule is Cc1cc(F)ccc1NC(=O)CCNS(=O)(=O)C=Cc1ccccc1. The highest BCUT2D eigenvalue weighted by Gasteiger charge is 2.09. The third kappa shape index (κ3) is 6.48. The van der Waals surface area contributed by atoms with Gasteiger partial charge in [0.1, 0.15) is 5.82 Å². The van der Waals surface area contributed by atoms with Crippen molar-refractivity contribution in [3.63, 3.8) is 0 Å². The molecule has 2 rings (SSSR count). The van der Waals surface area contributed by atoms with Crippen LogP contribution in [0, 0.1) is 12.7 Å². The fourth-order valence-corrected chi connectivity index (χ4v) is 2.89. The van der Waals surface area contributed by atoms with E-state index in [0.717, 1.165) is 11.0 Å². The van der Waals surface area contributed by atoms with Crippen molar-refractivity contribution in [3.8, 4) is 0 Å². The van der Waals surface area contributed by atoms with E-state index in [1.54, 1.807) is 19.1 Å². The lowest BCUT2D eigenvalue weighted by atomic mass is 10.2. The first-order valence-electron chi connectivity index (χ1n) is 7.64. The quantitative estimate of drug-likeness (QED) is 0.795. The Labute approximate surface area is 146 Å². The van der Waals surface area contributed by atoms with Gasteiger partial charge in [0.05, 0.1) is 0 Å². The molecule has 0 heterocycles. The molecule has 0 bridgehead atoms. The number of amides is 1. The summed E-state index contributed by atoms with van der Waals surface area (Å²) in [7, 11) is -3.62. The summed E-state index contributed by atoms with van der Waals surface area (Å²) >= 11 is 0. The molecule has 0 spiro atoms. The second-order valence-corrected chi connectivity index (χ2v) is 7.06. The maximum atomic E-state index is 13.0. The number of hydrogen-bond donors (Lipinski definition) is 2. The zero-order chi connectivity index (χ0) is 18.3. The molecule has 2 N–H and O–H groups in total. The molecule has 5 nitrogen and oxygen atoms in total. The summed E-state index contributed by atoms with van der Waals surface area (Å²) in [6.07, 6.45) is 1.44. The third-order valence-corrected chi connectivity index (χ3v) is 4.46. The highest BCUT2D eigenvalue weighted by molar-refractivity contribution is 7.92. The van der Waals surface area contributed by atoms with Crippen molar-refractivity contribution >= 4 is 27.7 Å². The first-order valence-corrected chi connectivity index (χ1v) is 9.19. The van der Waals surface area contributed by atoms with Gasteiger partial charge >= 0.3 is 0 Å². The van der Waals surface area contributed by atoms with Crippen LogP contribution >= 0.6 is 0 Å². The number of benzene rings is 2. The summed E-state index contributed by atoms with van der Waals surface area (Å²) in [6, 6.07) is 13.0. The lowest BCUT2D eigenvalue weighted by Gasteiger charge is -2.08. The van der Waals surface area contributed by atoms with E-state index in [9.17, 15) is 17.6 Å². The van der Waals surface area contributed by atoms with Crippen LogP contribution in [0.15, 0.2) is 53.9 Å². The Bertz CT molecular complexity index is 865. The summed E-state index contributed by atoms with van der Waals surface area (Å²) in [6.45, 7) is 1.64. The van der Waals surface area contributed by atoms with E-state index in [2.05, 4.69) is 10.0 Å². The normalized spacial score (nSPS) is 11.6. The standard InChI is InChI=1S/C18H19FN2O3S/c1-14-13-16(19)7-8-17(14)21-18(22)9-11-20-25(23,24)12-10-15-5-3-2-4-6-15/h2-8,10,12-13,20H,9,11H2,1H3,(H,21,22). The van der Waals surface area contributed by atoms with Gasteiger partial charge < -0.3 is 5.32 Å². The Hall–Kier alpha value is -2.51. The average molecular weight is 362 g/mol. The van der Waals surface area contributed by atoms with Crippen LogP contribution < -0.4 is 10.0 Å². The Morgan fingerprint density at radius 3 is 2.56 bits per heavy atom. The van der Waals surface area contributed by atoms with Crippen LogP contribution in [0.1, 0.15) is 17.5 Å². The monoisotopic (exact) mass is 362 g/mol. The molecule has 132 valence electrons. The number of hydrogen-bond acceptors (Lipinski definition) is 3. The van der Waals surface area contributed by atoms with Crippen LogP contribution in [0.2, 0.25) is 0 Å². The molecule has 0 saturated carbocycles. The molecule has 0 aromatic heterocycles. The fourth-order valence-electron chi connectivity index (χ4n) is 2.07. The van der Waals surface area contributed by atoms with E-state index in [1.165, 1.54) is 24.3 Å². The maximum absolute atomic E-state index is 13.0. The predicted molar refractivity (Wildman–Crippen MR) is 96.8 cm³/mol. The van der Waals surface area contributed by atoms with Gasteiger partial charge in [-0.3, -0.25) is 4.79 Å². The van der Waals surface area contributed by atoms with Gasteiger partial charge in [0.2, 0.25) is 15.9 Å². The minimum absolute atomic E-state index is 0.0325. The summed E-state index contributed by atoms with van der Waals surface area (Å²) in [5.41, 5.74) is 1.86. The maximum Gasteiger partial charge on any atom is 0.233 e. The van der Waals surface area contributed by atoms with Crippen molar-refractivity contribution in [1.82, 2.24) is 4.72 Å². The molecule has 7 heteroatoms. The Balaban J connectivity index is 1.82. The Morgan fingerprint density at radius 2 is 1.88 bits per heavy atom. The molecule has 1 amide bonds. The number of anilines is 1. The molecule has 0 atom stereocenters. The molecule has 2 aromatic rings. The second-order valence-electron chi connectivity index (χ2n) is 5.41. The van der Waals surface area contributed by atoms with Gasteiger partial charge in [-0.15, -0.1) is 0 Å². The molecular formula is C18H19FN2O3S. The van der Waals surface area contributed by atoms with Crippen molar-refractivity contribution in [1.29, 1.82) is 0 Å². The molecule has 0 aliphatic rings. The number of aryl methyl sites for hydroxylation is 1. The molecule has 0 aliphatic heterocycles. The van der Waals surface area contributed by atoms with Crippen LogP contribution in [0.4, 0.5) is 10.1 Å². The number of sulfonamides is 1. The van der Waals surface area contributed by atoms with Crippen LogP contribution in [0.3, 0.4) is 0 Å². The van der Waals surface area contributed by atoms with Gasteiger partial charge in [0.15, 0.2) is 0 Å². The smallest absolute Gasteiger partial charge is 0.233 e. The van der Waals surface area contributed by atoms with Crippen LogP contribution in [-0.4, -0.2) is 20.9 Å². The molecular weight excluding hydrogens is 343 g/mol. The van der Waals surface area contributed by atoms with Crippen molar-refractivity contribution in [2.24, 2.45) is 0 Å². The van der Waals surface area contributed by atoms with Crippen LogP contribution in [0.5, 0.6) is 0 Å². The topological polar surface area (TPSA) is 75.3 Å². The van der Waals surface area contributed by atoms with Gasteiger partial charge in [-0.1, -0.05) is 30.3 Å². The Morgan fingerprint density at radius 1 is 1.16 bits per heavy atom. The molecule has 0 unspecified atom stereocenters. The minimum Gasteiger partial charge on any atom is -0.326 e. The predicted octanol–water partition coefficient (Wildman–Crippen LogP) is 3.05. The van der Waals surface area contributed by atoms with Gasteiger partial charge in [0, 0.05) is 24.1 Å². The number of carbonyl (C=O) groups excluding carboxylic acids is 1. The van der Waals surface area contributed by atoms with Gasteiger partial charge in [0.25, 0.3) is 0 Å². The summed E-state index contributed by atoms with van der Waals surface area (Å²) in [4.78, 5) is 11.9. The van der Waals surface area contributed by atoms with Crippen molar-refractivity contribution in [2.75, 3.05) is 11.9 Å². The lowest BCUT2D eigenvalue weighted by molar-refractivity contribution is -0.116. The van der Waals surface area contributed by atoms with Crippen LogP contribution in [0.25, 0.3) is 6.08 Å². The Kier molecular flexibility index (Phi) is 6.44. The van der Waals surface area contributed by atoms with Crippen molar-refractivity contribution in [2.45, 2.75) is 13.3 Å². The van der Waals surface area contributed by atoms with Gasteiger partial charge in [-0.25, -0.2) is 17.5 Å². The fraction of sp³-hybridized carbons (Fsp3) is 0.167. The van der Waals surface area contributed by atoms with Crippen molar-refractivity contribution in [3.05, 3.63) is 70.9 Å². The van der Waals surface area contributed by atoms with Gasteiger partial charge in [-0.2, -0.15) is 0 Å². The molecule has 0 fully saturated rings. The van der Waals surface area contributed by atoms with Crippen LogP contribution in [-0.2, 0) is 14.8 Å². The second kappa shape index (κ2) is 8.55. The molecule has 0 saturated heterocycles. The van der Waals surface area contributed by atoms with Gasteiger partial charge in [-0.05, 0) is 42.3 Å². The van der Waals surface area contributed by atoms with E-state index in [-0.39, 0.29) is 24.7 Å². The largest absolute Gasteiger partial charge is 0.326 e. The first-order chi connectivity index (χ1) is 11.9. The number of carbonyl (C=O) groups is 1. The molecule has 0 radical (unpaired) electrons. The lowest BCUT2D eigenvalue weighted by Crippen LogP contribution is -2.26. The zero-order valence-corrected chi connectivity index (χ0v) is 14.5.